The molecule has 4 heteroatoms. The highest BCUT2D eigenvalue weighted by Gasteiger charge is 2.17. The maximum atomic E-state index is 11.9. The molecule has 0 spiro atoms. The van der Waals surface area contributed by atoms with Crippen molar-refractivity contribution in [1.29, 1.82) is 0 Å². The summed E-state index contributed by atoms with van der Waals surface area (Å²) in [6.07, 6.45) is 1.69. The van der Waals surface area contributed by atoms with Gasteiger partial charge < -0.3 is 10.6 Å². The highest BCUT2D eigenvalue weighted by atomic mass is 16.1. The molecule has 1 aromatic heterocycles. The number of benzene rings is 1. The van der Waals surface area contributed by atoms with Crippen LogP contribution in [0.15, 0.2) is 42.6 Å². The van der Waals surface area contributed by atoms with E-state index in [1.54, 1.807) is 12.3 Å². The highest BCUT2D eigenvalue weighted by Crippen LogP contribution is 2.31. The van der Waals surface area contributed by atoms with Crippen molar-refractivity contribution in [1.82, 2.24) is 10.3 Å². The number of hydrogen-bond donors (Lipinski definition) is 2. The minimum Gasteiger partial charge on any atom is -0.354 e. The van der Waals surface area contributed by atoms with Gasteiger partial charge in [-0.15, -0.1) is 0 Å². The van der Waals surface area contributed by atoms with E-state index in [-0.39, 0.29) is 17.4 Å². The number of nitrogens with one attached hydrogen (secondary N) is 2. The summed E-state index contributed by atoms with van der Waals surface area (Å²) >= 11 is 0. The van der Waals surface area contributed by atoms with Gasteiger partial charge in [0.2, 0.25) is 0 Å². The number of carbonyl (C=O) groups is 1. The fraction of sp³-hybridized carbons (Fsp3) is 0.368. The predicted molar refractivity (Wildman–Crippen MR) is 95.3 cm³/mol. The molecule has 1 amide bonds. The van der Waals surface area contributed by atoms with Crippen molar-refractivity contribution in [2.24, 2.45) is 0 Å². The molecule has 0 aliphatic carbocycles. The fourth-order valence-electron chi connectivity index (χ4n) is 2.34. The van der Waals surface area contributed by atoms with E-state index in [0.29, 0.717) is 5.69 Å². The van der Waals surface area contributed by atoms with Crippen LogP contribution < -0.4 is 10.6 Å². The smallest absolute Gasteiger partial charge is 0.270 e. The molecule has 0 saturated heterocycles. The van der Waals surface area contributed by atoms with E-state index in [0.717, 1.165) is 11.4 Å². The molecule has 2 N–H and O–H groups in total. The van der Waals surface area contributed by atoms with Crippen LogP contribution in [0, 0.1) is 0 Å². The molecular weight excluding hydrogens is 286 g/mol. The van der Waals surface area contributed by atoms with E-state index in [1.165, 1.54) is 5.56 Å². The standard InChI is InChI=1S/C19H25N3O/c1-13(2)21-18(23)17-11-10-14(12-20-17)22-16-9-7-6-8-15(16)19(3,4)5/h6-13,22H,1-5H3,(H,21,23). The van der Waals surface area contributed by atoms with E-state index >= 15 is 0 Å². The van der Waals surface area contributed by atoms with Gasteiger partial charge in [-0.2, -0.15) is 0 Å². The van der Waals surface area contributed by atoms with E-state index in [1.807, 2.05) is 32.0 Å². The Labute approximate surface area is 138 Å². The first-order valence-corrected chi connectivity index (χ1v) is 7.91. The average molecular weight is 311 g/mol. The third kappa shape index (κ3) is 4.55. The molecule has 23 heavy (non-hydrogen) atoms. The molecule has 4 nitrogen and oxygen atoms in total. The lowest BCUT2D eigenvalue weighted by molar-refractivity contribution is 0.0938. The van der Waals surface area contributed by atoms with Crippen LogP contribution >= 0.6 is 0 Å². The van der Waals surface area contributed by atoms with Crippen molar-refractivity contribution >= 4 is 17.3 Å². The number of aromatic nitrogens is 1. The van der Waals surface area contributed by atoms with Gasteiger partial charge in [0, 0.05) is 11.7 Å². The lowest BCUT2D eigenvalue weighted by Gasteiger charge is -2.23. The van der Waals surface area contributed by atoms with Crippen molar-refractivity contribution in [2.45, 2.75) is 46.1 Å². The van der Waals surface area contributed by atoms with Crippen LogP contribution in [0.1, 0.15) is 50.7 Å². The molecule has 1 aromatic carbocycles. The molecule has 2 aromatic rings. The number of pyridine rings is 1. The Morgan fingerprint density at radius 3 is 2.35 bits per heavy atom. The zero-order valence-corrected chi connectivity index (χ0v) is 14.5. The van der Waals surface area contributed by atoms with Gasteiger partial charge in [-0.1, -0.05) is 39.0 Å². The average Bonchev–Trinajstić information content (AvgIpc) is 2.46. The summed E-state index contributed by atoms with van der Waals surface area (Å²) in [5.41, 5.74) is 3.63. The van der Waals surface area contributed by atoms with E-state index in [4.69, 9.17) is 0 Å². The van der Waals surface area contributed by atoms with Crippen LogP contribution in [0.5, 0.6) is 0 Å². The molecule has 0 radical (unpaired) electrons. The maximum absolute atomic E-state index is 11.9. The SMILES string of the molecule is CC(C)NC(=O)c1ccc(Nc2ccccc2C(C)(C)C)cn1. The summed E-state index contributed by atoms with van der Waals surface area (Å²) in [4.78, 5) is 16.2. The Morgan fingerprint density at radius 1 is 1.09 bits per heavy atom. The molecule has 0 aliphatic rings. The molecule has 1 heterocycles. The second kappa shape index (κ2) is 6.82. The molecule has 0 atom stereocenters. The second-order valence-electron chi connectivity index (χ2n) is 6.98. The predicted octanol–water partition coefficient (Wildman–Crippen LogP) is 4.26. The monoisotopic (exact) mass is 311 g/mol. The molecule has 0 aliphatic heterocycles. The van der Waals surface area contributed by atoms with Gasteiger partial charge in [-0.05, 0) is 43.0 Å². The summed E-state index contributed by atoms with van der Waals surface area (Å²) < 4.78 is 0. The topological polar surface area (TPSA) is 54.0 Å². The Kier molecular flexibility index (Phi) is 5.04. The number of para-hydroxylation sites is 1. The van der Waals surface area contributed by atoms with Crippen LogP contribution in [-0.4, -0.2) is 16.9 Å². The Morgan fingerprint density at radius 2 is 1.78 bits per heavy atom. The van der Waals surface area contributed by atoms with E-state index in [2.05, 4.69) is 48.5 Å². The number of hydrogen-bond acceptors (Lipinski definition) is 3. The summed E-state index contributed by atoms with van der Waals surface area (Å²) in [5.74, 6) is -0.151. The van der Waals surface area contributed by atoms with Gasteiger partial charge in [0.05, 0.1) is 11.9 Å². The van der Waals surface area contributed by atoms with Crippen molar-refractivity contribution in [3.05, 3.63) is 53.9 Å². The largest absolute Gasteiger partial charge is 0.354 e. The van der Waals surface area contributed by atoms with E-state index in [9.17, 15) is 4.79 Å². The molecular formula is C19H25N3O. The zero-order valence-electron chi connectivity index (χ0n) is 14.5. The fourth-order valence-corrected chi connectivity index (χ4v) is 2.34. The minimum atomic E-state index is -0.151. The zero-order chi connectivity index (χ0) is 17.0. The molecule has 122 valence electrons. The third-order valence-electron chi connectivity index (χ3n) is 3.43. The summed E-state index contributed by atoms with van der Waals surface area (Å²) in [6.45, 7) is 10.4. The lowest BCUT2D eigenvalue weighted by atomic mass is 9.86. The second-order valence-corrected chi connectivity index (χ2v) is 6.98. The normalized spacial score (nSPS) is 11.4. The van der Waals surface area contributed by atoms with Crippen LogP contribution in [0.3, 0.4) is 0 Å². The van der Waals surface area contributed by atoms with Gasteiger partial charge in [0.15, 0.2) is 0 Å². The number of carbonyl (C=O) groups excluding carboxylic acids is 1. The van der Waals surface area contributed by atoms with Crippen LogP contribution in [-0.2, 0) is 5.41 Å². The third-order valence-corrected chi connectivity index (χ3v) is 3.43. The molecule has 2 rings (SSSR count). The first kappa shape index (κ1) is 17.0. The first-order valence-electron chi connectivity index (χ1n) is 7.91. The van der Waals surface area contributed by atoms with Gasteiger partial charge in [0.25, 0.3) is 5.91 Å². The summed E-state index contributed by atoms with van der Waals surface area (Å²) in [5, 5.41) is 6.23. The number of rotatable bonds is 4. The van der Waals surface area contributed by atoms with Crippen LogP contribution in [0.2, 0.25) is 0 Å². The summed E-state index contributed by atoms with van der Waals surface area (Å²) in [6, 6.07) is 11.9. The van der Waals surface area contributed by atoms with Gasteiger partial charge in [-0.25, -0.2) is 4.98 Å². The van der Waals surface area contributed by atoms with Gasteiger partial charge in [-0.3, -0.25) is 4.79 Å². The van der Waals surface area contributed by atoms with Gasteiger partial charge >= 0.3 is 0 Å². The van der Waals surface area contributed by atoms with Crippen molar-refractivity contribution in [2.75, 3.05) is 5.32 Å². The molecule has 0 unspecified atom stereocenters. The lowest BCUT2D eigenvalue weighted by Crippen LogP contribution is -2.30. The van der Waals surface area contributed by atoms with Crippen LogP contribution in [0.25, 0.3) is 0 Å². The Bertz CT molecular complexity index is 670. The maximum Gasteiger partial charge on any atom is 0.270 e. The number of amides is 1. The van der Waals surface area contributed by atoms with Gasteiger partial charge in [0.1, 0.15) is 5.69 Å². The molecule has 0 bridgehead atoms. The first-order chi connectivity index (χ1) is 10.8. The summed E-state index contributed by atoms with van der Waals surface area (Å²) in [7, 11) is 0. The highest BCUT2D eigenvalue weighted by molar-refractivity contribution is 5.92. The Hall–Kier alpha value is -2.36. The number of anilines is 2. The van der Waals surface area contributed by atoms with Crippen LogP contribution in [0.4, 0.5) is 11.4 Å². The quantitative estimate of drug-likeness (QED) is 0.887. The molecule has 0 saturated carbocycles. The number of nitrogens with zero attached hydrogens (tertiary/aromatic N) is 1. The Balaban J connectivity index is 2.18. The minimum absolute atomic E-state index is 0.0497. The molecule has 0 fully saturated rings. The van der Waals surface area contributed by atoms with Crippen molar-refractivity contribution < 1.29 is 4.79 Å². The van der Waals surface area contributed by atoms with Crippen molar-refractivity contribution in [3.8, 4) is 0 Å². The van der Waals surface area contributed by atoms with E-state index < -0.39 is 0 Å². The van der Waals surface area contributed by atoms with Crippen molar-refractivity contribution in [3.63, 3.8) is 0 Å².